The fraction of sp³-hybridized carbons (Fsp3) is 0.529. The van der Waals surface area contributed by atoms with Crippen molar-refractivity contribution in [2.45, 2.75) is 44.9 Å². The molecular formula is C17H21N3O3S. The molecule has 1 aliphatic heterocycles. The molecular weight excluding hydrogens is 326 g/mol. The first-order chi connectivity index (χ1) is 11.7. The molecule has 1 aliphatic carbocycles. The van der Waals surface area contributed by atoms with Gasteiger partial charge in [-0.15, -0.1) is 11.3 Å². The molecule has 2 aromatic rings. The van der Waals surface area contributed by atoms with E-state index in [-0.39, 0.29) is 12.5 Å². The predicted molar refractivity (Wildman–Crippen MR) is 90.0 cm³/mol. The van der Waals surface area contributed by atoms with Crippen LogP contribution in [-0.2, 0) is 25.9 Å². The highest BCUT2D eigenvalue weighted by molar-refractivity contribution is 7.10. The molecule has 0 aromatic carbocycles. The number of hydrogen-bond acceptors (Lipinski definition) is 5. The maximum absolute atomic E-state index is 13.0. The van der Waals surface area contributed by atoms with Gasteiger partial charge in [0.2, 0.25) is 0 Å². The van der Waals surface area contributed by atoms with Crippen molar-refractivity contribution in [3.8, 4) is 0 Å². The normalized spacial score (nSPS) is 18.2. The van der Waals surface area contributed by atoms with Gasteiger partial charge in [0.15, 0.2) is 0 Å². The Morgan fingerprint density at radius 2 is 2.17 bits per heavy atom. The van der Waals surface area contributed by atoms with Crippen molar-refractivity contribution in [3.05, 3.63) is 38.8 Å². The number of aliphatic hydroxyl groups is 2. The molecule has 1 unspecified atom stereocenters. The van der Waals surface area contributed by atoms with Gasteiger partial charge in [0.1, 0.15) is 6.10 Å². The molecule has 2 N–H and O–H groups in total. The lowest BCUT2D eigenvalue weighted by atomic mass is 9.95. The first-order valence-corrected chi connectivity index (χ1v) is 9.29. The van der Waals surface area contributed by atoms with Crippen molar-refractivity contribution in [2.24, 2.45) is 0 Å². The van der Waals surface area contributed by atoms with E-state index >= 15 is 0 Å². The van der Waals surface area contributed by atoms with E-state index in [2.05, 4.69) is 5.10 Å². The lowest BCUT2D eigenvalue weighted by Crippen LogP contribution is -2.38. The predicted octanol–water partition coefficient (Wildman–Crippen LogP) is 1.51. The number of aliphatic hydroxyl groups excluding tert-OH is 2. The van der Waals surface area contributed by atoms with Crippen LogP contribution in [0.4, 0.5) is 0 Å². The Bertz CT molecular complexity index is 767. The van der Waals surface area contributed by atoms with E-state index in [4.69, 9.17) is 5.11 Å². The molecule has 1 amide bonds. The van der Waals surface area contributed by atoms with Crippen molar-refractivity contribution >= 4 is 17.2 Å². The van der Waals surface area contributed by atoms with E-state index < -0.39 is 6.10 Å². The molecule has 1 atom stereocenters. The molecule has 0 bridgehead atoms. The number of rotatable bonds is 3. The number of thiophene rings is 1. The lowest BCUT2D eigenvalue weighted by molar-refractivity contribution is 0.0704. The largest absolute Gasteiger partial charge is 0.393 e. The van der Waals surface area contributed by atoms with Gasteiger partial charge < -0.3 is 15.1 Å². The highest BCUT2D eigenvalue weighted by Gasteiger charge is 2.28. The van der Waals surface area contributed by atoms with Crippen LogP contribution in [0.5, 0.6) is 0 Å². The van der Waals surface area contributed by atoms with Crippen molar-refractivity contribution in [3.63, 3.8) is 0 Å². The monoisotopic (exact) mass is 347 g/mol. The van der Waals surface area contributed by atoms with Gasteiger partial charge in [0.25, 0.3) is 5.91 Å². The first kappa shape index (κ1) is 15.8. The number of carbonyl (C=O) groups is 1. The van der Waals surface area contributed by atoms with Crippen LogP contribution in [0.2, 0.25) is 0 Å². The summed E-state index contributed by atoms with van der Waals surface area (Å²) < 4.78 is 1.82. The molecule has 0 fully saturated rings. The topological polar surface area (TPSA) is 78.6 Å². The molecule has 0 spiro atoms. The Morgan fingerprint density at radius 3 is 3.00 bits per heavy atom. The zero-order valence-corrected chi connectivity index (χ0v) is 14.3. The summed E-state index contributed by atoms with van der Waals surface area (Å²) in [5.74, 6) is 0.103. The average molecular weight is 347 g/mol. The minimum Gasteiger partial charge on any atom is -0.393 e. The summed E-state index contributed by atoms with van der Waals surface area (Å²) in [5, 5.41) is 25.1. The number of aryl methyl sites for hydroxylation is 1. The summed E-state index contributed by atoms with van der Waals surface area (Å²) in [6.45, 7) is 1.38. The highest BCUT2D eigenvalue weighted by Crippen LogP contribution is 2.31. The standard InChI is InChI=1S/C17H21N3O3S/c21-9-15(22)14-7-11-8-19(5-6-20(11)18-14)17(23)13-10-24-16-4-2-1-3-12(13)16/h7,10,15,21-22H,1-6,8-9H2. The molecule has 7 heteroatoms. The summed E-state index contributed by atoms with van der Waals surface area (Å²) in [6.07, 6.45) is 3.54. The lowest BCUT2D eigenvalue weighted by Gasteiger charge is -2.28. The van der Waals surface area contributed by atoms with Gasteiger partial charge in [0.05, 0.1) is 36.6 Å². The van der Waals surface area contributed by atoms with Crippen LogP contribution in [0, 0.1) is 0 Å². The second-order valence-electron chi connectivity index (χ2n) is 6.47. The molecule has 3 heterocycles. The zero-order valence-electron chi connectivity index (χ0n) is 13.4. The number of fused-ring (bicyclic) bond motifs is 2. The van der Waals surface area contributed by atoms with Crippen LogP contribution in [-0.4, -0.2) is 44.0 Å². The SMILES string of the molecule is O=C(c1csc2c1CCCC2)N1CCn2nc(C(O)CO)cc2C1. The van der Waals surface area contributed by atoms with Gasteiger partial charge in [-0.2, -0.15) is 5.10 Å². The smallest absolute Gasteiger partial charge is 0.255 e. The summed E-state index contributed by atoms with van der Waals surface area (Å²) in [6, 6.07) is 1.78. The molecule has 6 nitrogen and oxygen atoms in total. The van der Waals surface area contributed by atoms with Crippen LogP contribution in [0.3, 0.4) is 0 Å². The third kappa shape index (κ3) is 2.66. The Labute approximate surface area is 144 Å². The van der Waals surface area contributed by atoms with Crippen molar-refractivity contribution < 1.29 is 15.0 Å². The third-order valence-corrected chi connectivity index (χ3v) is 6.00. The third-order valence-electron chi connectivity index (χ3n) is 4.91. The van der Waals surface area contributed by atoms with Crippen molar-refractivity contribution in [1.82, 2.24) is 14.7 Å². The molecule has 4 rings (SSSR count). The Kier molecular flexibility index (Phi) is 4.15. The van der Waals surface area contributed by atoms with Crippen LogP contribution in [0.15, 0.2) is 11.4 Å². The summed E-state index contributed by atoms with van der Waals surface area (Å²) in [7, 11) is 0. The summed E-state index contributed by atoms with van der Waals surface area (Å²) in [4.78, 5) is 16.2. The van der Waals surface area contributed by atoms with Crippen LogP contribution in [0.25, 0.3) is 0 Å². The van der Waals surface area contributed by atoms with Crippen LogP contribution >= 0.6 is 11.3 Å². The number of carbonyl (C=O) groups excluding carboxylic acids is 1. The fourth-order valence-electron chi connectivity index (χ4n) is 3.56. The van der Waals surface area contributed by atoms with Gasteiger partial charge in [-0.1, -0.05) is 0 Å². The number of nitrogens with zero attached hydrogens (tertiary/aromatic N) is 3. The van der Waals surface area contributed by atoms with Crippen LogP contribution < -0.4 is 0 Å². The Hall–Kier alpha value is -1.70. The highest BCUT2D eigenvalue weighted by atomic mass is 32.1. The minimum absolute atomic E-state index is 0.103. The van der Waals surface area contributed by atoms with Crippen molar-refractivity contribution in [2.75, 3.05) is 13.2 Å². The zero-order chi connectivity index (χ0) is 16.7. The molecule has 128 valence electrons. The quantitative estimate of drug-likeness (QED) is 0.882. The number of amides is 1. The molecule has 0 saturated carbocycles. The minimum atomic E-state index is -0.962. The average Bonchev–Trinajstić information content (AvgIpc) is 3.23. The van der Waals surface area contributed by atoms with E-state index in [0.29, 0.717) is 25.3 Å². The van der Waals surface area contributed by atoms with E-state index in [1.54, 1.807) is 17.4 Å². The van der Waals surface area contributed by atoms with Gasteiger partial charge in [-0.3, -0.25) is 9.48 Å². The molecule has 0 saturated heterocycles. The second kappa shape index (κ2) is 6.31. The Balaban J connectivity index is 1.55. The van der Waals surface area contributed by atoms with E-state index in [0.717, 1.165) is 24.1 Å². The fourth-order valence-corrected chi connectivity index (χ4v) is 4.68. The van der Waals surface area contributed by atoms with Gasteiger partial charge in [-0.25, -0.2) is 0 Å². The van der Waals surface area contributed by atoms with Crippen LogP contribution in [0.1, 0.15) is 51.1 Å². The van der Waals surface area contributed by atoms with Crippen molar-refractivity contribution in [1.29, 1.82) is 0 Å². The van der Waals surface area contributed by atoms with Gasteiger partial charge >= 0.3 is 0 Å². The molecule has 0 radical (unpaired) electrons. The molecule has 2 aliphatic rings. The number of hydrogen-bond donors (Lipinski definition) is 2. The first-order valence-electron chi connectivity index (χ1n) is 8.41. The molecule has 24 heavy (non-hydrogen) atoms. The molecule has 2 aromatic heterocycles. The second-order valence-corrected chi connectivity index (χ2v) is 7.43. The number of aromatic nitrogens is 2. The van der Waals surface area contributed by atoms with E-state index in [1.807, 2.05) is 15.0 Å². The summed E-state index contributed by atoms with van der Waals surface area (Å²) in [5.41, 5.74) is 3.50. The maximum Gasteiger partial charge on any atom is 0.255 e. The van der Waals surface area contributed by atoms with Gasteiger partial charge in [0, 0.05) is 16.8 Å². The van der Waals surface area contributed by atoms with E-state index in [1.165, 1.54) is 23.3 Å². The maximum atomic E-state index is 13.0. The van der Waals surface area contributed by atoms with E-state index in [9.17, 15) is 9.90 Å². The summed E-state index contributed by atoms with van der Waals surface area (Å²) >= 11 is 1.72. The Morgan fingerprint density at radius 1 is 1.33 bits per heavy atom. The van der Waals surface area contributed by atoms with Gasteiger partial charge in [-0.05, 0) is 37.3 Å².